The Morgan fingerprint density at radius 2 is 1.89 bits per heavy atom. The van der Waals surface area contributed by atoms with E-state index in [1.165, 1.54) is 0 Å². The number of thioether (sulfide) groups is 1. The summed E-state index contributed by atoms with van der Waals surface area (Å²) in [6.45, 7) is 2.13. The van der Waals surface area contributed by atoms with Crippen LogP contribution in [0.4, 0.5) is 0 Å². The zero-order chi connectivity index (χ0) is 13.7. The molecule has 0 saturated carbocycles. The van der Waals surface area contributed by atoms with Crippen molar-refractivity contribution in [2.75, 3.05) is 18.6 Å². The largest absolute Gasteiger partial charge is 0.496 e. The second-order valence-corrected chi connectivity index (χ2v) is 5.44. The Bertz CT molecular complexity index is 578. The highest BCUT2D eigenvalue weighted by atomic mass is 32.2. The van der Waals surface area contributed by atoms with Crippen molar-refractivity contribution < 1.29 is 9.53 Å². The van der Waals surface area contributed by atoms with Crippen molar-refractivity contribution in [2.24, 2.45) is 0 Å². The summed E-state index contributed by atoms with van der Waals surface area (Å²) in [4.78, 5) is 12.3. The van der Waals surface area contributed by atoms with Crippen LogP contribution in [0.2, 0.25) is 0 Å². The van der Waals surface area contributed by atoms with Crippen molar-refractivity contribution in [3.63, 3.8) is 0 Å². The van der Waals surface area contributed by atoms with Gasteiger partial charge in [0.15, 0.2) is 5.78 Å². The first-order valence-electron chi connectivity index (χ1n) is 6.44. The zero-order valence-corrected chi connectivity index (χ0v) is 12.1. The Morgan fingerprint density at radius 1 is 1.16 bits per heavy atom. The van der Waals surface area contributed by atoms with Crippen molar-refractivity contribution >= 4 is 28.3 Å². The van der Waals surface area contributed by atoms with Gasteiger partial charge in [-0.3, -0.25) is 4.79 Å². The molecule has 3 heteroatoms. The Morgan fingerprint density at radius 3 is 2.58 bits per heavy atom. The van der Waals surface area contributed by atoms with Gasteiger partial charge in [-0.05, 0) is 29.7 Å². The van der Waals surface area contributed by atoms with E-state index >= 15 is 0 Å². The minimum Gasteiger partial charge on any atom is -0.496 e. The number of benzene rings is 2. The summed E-state index contributed by atoms with van der Waals surface area (Å²) < 4.78 is 5.34. The molecule has 0 radical (unpaired) electrons. The summed E-state index contributed by atoms with van der Waals surface area (Å²) in [5.74, 6) is 2.58. The molecule has 2 aromatic carbocycles. The number of ether oxygens (including phenoxy) is 1. The van der Waals surface area contributed by atoms with Gasteiger partial charge in [-0.25, -0.2) is 0 Å². The predicted molar refractivity (Wildman–Crippen MR) is 82.4 cm³/mol. The summed E-state index contributed by atoms with van der Waals surface area (Å²) in [5, 5.41) is 1.97. The smallest absolute Gasteiger partial charge is 0.173 e. The number of carbonyl (C=O) groups excluding carboxylic acids is 1. The topological polar surface area (TPSA) is 26.3 Å². The maximum Gasteiger partial charge on any atom is 0.173 e. The number of rotatable bonds is 6. The van der Waals surface area contributed by atoms with Gasteiger partial charge in [0.25, 0.3) is 0 Å². The van der Waals surface area contributed by atoms with Crippen LogP contribution < -0.4 is 4.74 Å². The van der Waals surface area contributed by atoms with Crippen molar-refractivity contribution in [2.45, 2.75) is 13.3 Å². The van der Waals surface area contributed by atoms with E-state index in [1.54, 1.807) is 18.9 Å². The maximum absolute atomic E-state index is 12.3. The van der Waals surface area contributed by atoms with Crippen LogP contribution in [0.5, 0.6) is 5.75 Å². The van der Waals surface area contributed by atoms with Crippen molar-refractivity contribution in [3.05, 3.63) is 42.0 Å². The third kappa shape index (κ3) is 3.10. The van der Waals surface area contributed by atoms with Crippen LogP contribution >= 0.6 is 11.8 Å². The molecule has 0 aliphatic carbocycles. The molecule has 0 saturated heterocycles. The quantitative estimate of drug-likeness (QED) is 0.584. The maximum atomic E-state index is 12.3. The fourth-order valence-corrected chi connectivity index (χ4v) is 2.85. The third-order valence-corrected chi connectivity index (χ3v) is 4.15. The number of ketones is 1. The molecule has 100 valence electrons. The molecule has 0 atom stereocenters. The standard InChI is InChI=1S/C16H18O2S/c1-3-10-19-11-15(17)13-8-9-16(18-2)14-7-5-4-6-12(13)14/h4-9H,3,10-11H2,1-2H3. The molecule has 0 aliphatic heterocycles. The average molecular weight is 274 g/mol. The number of Topliss-reactive ketones (excluding diaryl/α,β-unsaturated/α-hetero) is 1. The highest BCUT2D eigenvalue weighted by Gasteiger charge is 2.12. The van der Waals surface area contributed by atoms with Crippen LogP contribution in [-0.2, 0) is 0 Å². The van der Waals surface area contributed by atoms with E-state index in [4.69, 9.17) is 4.74 Å². The lowest BCUT2D eigenvalue weighted by Crippen LogP contribution is -2.04. The van der Waals surface area contributed by atoms with E-state index < -0.39 is 0 Å². The Hall–Kier alpha value is -1.48. The summed E-state index contributed by atoms with van der Waals surface area (Å²) in [6, 6.07) is 11.6. The Kier molecular flexibility index (Phi) is 4.86. The predicted octanol–water partition coefficient (Wildman–Crippen LogP) is 4.17. The summed E-state index contributed by atoms with van der Waals surface area (Å²) in [7, 11) is 1.65. The molecule has 0 spiro atoms. The van der Waals surface area contributed by atoms with Crippen LogP contribution in [0.3, 0.4) is 0 Å². The molecule has 0 heterocycles. The number of hydrogen-bond donors (Lipinski definition) is 0. The van der Waals surface area contributed by atoms with Crippen LogP contribution in [0, 0.1) is 0 Å². The molecule has 0 fully saturated rings. The number of methoxy groups -OCH3 is 1. The molecule has 19 heavy (non-hydrogen) atoms. The fourth-order valence-electron chi connectivity index (χ4n) is 2.08. The van der Waals surface area contributed by atoms with Crippen LogP contribution in [-0.4, -0.2) is 24.4 Å². The lowest BCUT2D eigenvalue weighted by atomic mass is 10.0. The molecule has 0 amide bonds. The molecular formula is C16H18O2S. The second-order valence-electron chi connectivity index (χ2n) is 4.34. The van der Waals surface area contributed by atoms with Crippen LogP contribution in [0.15, 0.2) is 36.4 Å². The first-order chi connectivity index (χ1) is 9.27. The Balaban J connectivity index is 2.36. The summed E-state index contributed by atoms with van der Waals surface area (Å²) >= 11 is 1.69. The van der Waals surface area contributed by atoms with Gasteiger partial charge in [-0.15, -0.1) is 0 Å². The number of fused-ring (bicyclic) bond motifs is 1. The van der Waals surface area contributed by atoms with Crippen molar-refractivity contribution in [3.8, 4) is 5.75 Å². The van der Waals surface area contributed by atoms with Gasteiger partial charge in [0.05, 0.1) is 12.9 Å². The van der Waals surface area contributed by atoms with Gasteiger partial charge in [0.2, 0.25) is 0 Å². The molecule has 0 aliphatic rings. The highest BCUT2D eigenvalue weighted by Crippen LogP contribution is 2.29. The van der Waals surface area contributed by atoms with Gasteiger partial charge < -0.3 is 4.74 Å². The van der Waals surface area contributed by atoms with E-state index in [1.807, 2.05) is 36.4 Å². The van der Waals surface area contributed by atoms with Gasteiger partial charge in [0, 0.05) is 10.9 Å². The average Bonchev–Trinajstić information content (AvgIpc) is 2.46. The van der Waals surface area contributed by atoms with Crippen LogP contribution in [0.1, 0.15) is 23.7 Å². The molecule has 2 nitrogen and oxygen atoms in total. The van der Waals surface area contributed by atoms with Crippen LogP contribution in [0.25, 0.3) is 10.8 Å². The van der Waals surface area contributed by atoms with E-state index in [0.29, 0.717) is 5.75 Å². The lowest BCUT2D eigenvalue weighted by molar-refractivity contribution is 0.102. The van der Waals surface area contributed by atoms with Gasteiger partial charge in [-0.1, -0.05) is 31.2 Å². The third-order valence-electron chi connectivity index (χ3n) is 2.99. The number of carbonyl (C=O) groups is 1. The minimum atomic E-state index is 0.192. The van der Waals surface area contributed by atoms with Crippen molar-refractivity contribution in [1.82, 2.24) is 0 Å². The fraction of sp³-hybridized carbons (Fsp3) is 0.312. The van der Waals surface area contributed by atoms with Gasteiger partial charge >= 0.3 is 0 Å². The first kappa shape index (κ1) is 13.9. The molecule has 0 N–H and O–H groups in total. The van der Waals surface area contributed by atoms with Gasteiger partial charge in [0.1, 0.15) is 5.75 Å². The molecule has 0 unspecified atom stereocenters. The molecule has 0 aromatic heterocycles. The lowest BCUT2D eigenvalue weighted by Gasteiger charge is -2.09. The normalized spacial score (nSPS) is 10.6. The zero-order valence-electron chi connectivity index (χ0n) is 11.3. The Labute approximate surface area is 118 Å². The van der Waals surface area contributed by atoms with E-state index in [2.05, 4.69) is 6.92 Å². The van der Waals surface area contributed by atoms with E-state index in [0.717, 1.165) is 34.3 Å². The highest BCUT2D eigenvalue weighted by molar-refractivity contribution is 7.99. The first-order valence-corrected chi connectivity index (χ1v) is 7.60. The summed E-state index contributed by atoms with van der Waals surface area (Å²) in [5.41, 5.74) is 0.792. The molecule has 2 rings (SSSR count). The molecule has 2 aromatic rings. The van der Waals surface area contributed by atoms with Gasteiger partial charge in [-0.2, -0.15) is 11.8 Å². The van der Waals surface area contributed by atoms with Crippen molar-refractivity contribution in [1.29, 1.82) is 0 Å². The SMILES string of the molecule is CCCSCC(=O)c1ccc(OC)c2ccccc12. The van der Waals surface area contributed by atoms with E-state index in [-0.39, 0.29) is 5.78 Å². The minimum absolute atomic E-state index is 0.192. The second kappa shape index (κ2) is 6.62. The monoisotopic (exact) mass is 274 g/mol. The number of hydrogen-bond acceptors (Lipinski definition) is 3. The summed E-state index contributed by atoms with van der Waals surface area (Å²) in [6.07, 6.45) is 1.10. The molecular weight excluding hydrogens is 256 g/mol. The van der Waals surface area contributed by atoms with E-state index in [9.17, 15) is 4.79 Å². The molecule has 0 bridgehead atoms.